The zero-order valence-electron chi connectivity index (χ0n) is 12.0. The van der Waals surface area contributed by atoms with E-state index in [2.05, 4.69) is 10.6 Å². The summed E-state index contributed by atoms with van der Waals surface area (Å²) in [5, 5.41) is 15.5. The van der Waals surface area contributed by atoms with E-state index in [1.807, 2.05) is 61.5 Å². The molecule has 1 atom stereocenters. The third-order valence-corrected chi connectivity index (χ3v) is 3.28. The number of nitrogens with one attached hydrogen (secondary N) is 2. The molecule has 0 fully saturated rings. The molecule has 0 aliphatic carbocycles. The van der Waals surface area contributed by atoms with Crippen molar-refractivity contribution in [2.75, 3.05) is 11.9 Å². The lowest BCUT2D eigenvalue weighted by Crippen LogP contribution is -2.30. The molecule has 0 aliphatic rings. The van der Waals surface area contributed by atoms with E-state index in [0.29, 0.717) is 13.0 Å². The summed E-state index contributed by atoms with van der Waals surface area (Å²) in [6.07, 6.45) is -0.0875. The number of benzene rings is 2. The highest BCUT2D eigenvalue weighted by Gasteiger charge is 2.08. The Morgan fingerprint density at radius 2 is 1.76 bits per heavy atom. The smallest absolute Gasteiger partial charge is 0.319 e. The second-order valence-corrected chi connectivity index (χ2v) is 4.91. The fraction of sp³-hybridized carbons (Fsp3) is 0.235. The number of aliphatic hydroxyl groups is 1. The number of anilines is 1. The van der Waals surface area contributed by atoms with E-state index in [4.69, 9.17) is 0 Å². The van der Waals surface area contributed by atoms with Crippen LogP contribution in [0.5, 0.6) is 0 Å². The van der Waals surface area contributed by atoms with Crippen LogP contribution in [0.25, 0.3) is 0 Å². The molecule has 2 aromatic rings. The fourth-order valence-electron chi connectivity index (χ4n) is 2.04. The SMILES string of the molecule is Cc1ccccc1NC(=O)NCC[C@@H](O)c1ccccc1. The average molecular weight is 284 g/mol. The normalized spacial score (nSPS) is 11.7. The summed E-state index contributed by atoms with van der Waals surface area (Å²) < 4.78 is 0. The molecule has 0 spiro atoms. The Kier molecular flexibility index (Phi) is 5.35. The van der Waals surface area contributed by atoms with E-state index in [0.717, 1.165) is 16.8 Å². The molecule has 3 N–H and O–H groups in total. The largest absolute Gasteiger partial charge is 0.388 e. The number of aryl methyl sites for hydroxylation is 1. The highest BCUT2D eigenvalue weighted by Crippen LogP contribution is 2.15. The molecule has 0 bridgehead atoms. The lowest BCUT2D eigenvalue weighted by Gasteiger charge is -2.13. The summed E-state index contributed by atoms with van der Waals surface area (Å²) in [5.74, 6) is 0. The maximum Gasteiger partial charge on any atom is 0.319 e. The summed E-state index contributed by atoms with van der Waals surface area (Å²) in [4.78, 5) is 11.8. The molecule has 4 nitrogen and oxygen atoms in total. The van der Waals surface area contributed by atoms with Crippen LogP contribution in [-0.2, 0) is 0 Å². The second kappa shape index (κ2) is 7.45. The molecule has 0 radical (unpaired) electrons. The molecule has 4 heteroatoms. The minimum Gasteiger partial charge on any atom is -0.388 e. The van der Waals surface area contributed by atoms with Gasteiger partial charge in [-0.15, -0.1) is 0 Å². The monoisotopic (exact) mass is 284 g/mol. The van der Waals surface area contributed by atoms with Crippen LogP contribution in [0.4, 0.5) is 10.5 Å². The Morgan fingerprint density at radius 1 is 1.10 bits per heavy atom. The van der Waals surface area contributed by atoms with Crippen LogP contribution in [-0.4, -0.2) is 17.7 Å². The average Bonchev–Trinajstić information content (AvgIpc) is 2.50. The molecule has 0 aromatic heterocycles. The topological polar surface area (TPSA) is 61.4 Å². The zero-order valence-corrected chi connectivity index (χ0v) is 12.0. The first kappa shape index (κ1) is 15.1. The lowest BCUT2D eigenvalue weighted by molar-refractivity contribution is 0.167. The van der Waals surface area contributed by atoms with E-state index in [9.17, 15) is 9.90 Å². The van der Waals surface area contributed by atoms with E-state index in [1.54, 1.807) is 0 Å². The number of aliphatic hydroxyl groups excluding tert-OH is 1. The first-order chi connectivity index (χ1) is 10.2. The zero-order chi connectivity index (χ0) is 15.1. The van der Waals surface area contributed by atoms with Gasteiger partial charge in [0.25, 0.3) is 0 Å². The minimum atomic E-state index is -0.565. The van der Waals surface area contributed by atoms with Gasteiger partial charge in [0.2, 0.25) is 0 Å². The van der Waals surface area contributed by atoms with E-state index in [1.165, 1.54) is 0 Å². The molecular formula is C17H20N2O2. The summed E-state index contributed by atoms with van der Waals surface area (Å²) in [6.45, 7) is 2.35. The van der Waals surface area contributed by atoms with Gasteiger partial charge in [-0.05, 0) is 30.5 Å². The third-order valence-electron chi connectivity index (χ3n) is 3.28. The number of carbonyl (C=O) groups is 1. The molecule has 0 aliphatic heterocycles. The number of rotatable bonds is 5. The van der Waals surface area contributed by atoms with Crippen LogP contribution >= 0.6 is 0 Å². The van der Waals surface area contributed by atoms with Gasteiger partial charge in [-0.1, -0.05) is 48.5 Å². The van der Waals surface area contributed by atoms with Crippen LogP contribution in [0.1, 0.15) is 23.7 Å². The van der Waals surface area contributed by atoms with Gasteiger partial charge in [0.1, 0.15) is 0 Å². The van der Waals surface area contributed by atoms with Gasteiger partial charge < -0.3 is 15.7 Å². The molecule has 0 saturated carbocycles. The molecule has 0 saturated heterocycles. The minimum absolute atomic E-state index is 0.260. The summed E-state index contributed by atoms with van der Waals surface area (Å²) >= 11 is 0. The highest BCUT2D eigenvalue weighted by atomic mass is 16.3. The summed E-state index contributed by atoms with van der Waals surface area (Å²) in [6, 6.07) is 16.8. The maximum absolute atomic E-state index is 11.8. The van der Waals surface area contributed by atoms with Gasteiger partial charge in [-0.2, -0.15) is 0 Å². The fourth-order valence-corrected chi connectivity index (χ4v) is 2.04. The second-order valence-electron chi connectivity index (χ2n) is 4.91. The van der Waals surface area contributed by atoms with Crippen molar-refractivity contribution >= 4 is 11.7 Å². The van der Waals surface area contributed by atoms with Crippen LogP contribution in [0.15, 0.2) is 54.6 Å². The van der Waals surface area contributed by atoms with Gasteiger partial charge in [0.15, 0.2) is 0 Å². The van der Waals surface area contributed by atoms with Crippen LogP contribution < -0.4 is 10.6 Å². The molecule has 21 heavy (non-hydrogen) atoms. The van der Waals surface area contributed by atoms with E-state index < -0.39 is 6.10 Å². The van der Waals surface area contributed by atoms with E-state index >= 15 is 0 Å². The standard InChI is InChI=1S/C17H20N2O2/c1-13-7-5-6-10-15(13)19-17(21)18-12-11-16(20)14-8-3-2-4-9-14/h2-10,16,20H,11-12H2,1H3,(H2,18,19,21)/t16-/m1/s1. The molecular weight excluding hydrogens is 264 g/mol. The third kappa shape index (κ3) is 4.61. The van der Waals surface area contributed by atoms with Gasteiger partial charge in [0, 0.05) is 12.2 Å². The Bertz CT molecular complexity index is 584. The highest BCUT2D eigenvalue weighted by molar-refractivity contribution is 5.89. The van der Waals surface area contributed by atoms with Crippen molar-refractivity contribution in [3.8, 4) is 0 Å². The summed E-state index contributed by atoms with van der Waals surface area (Å²) in [7, 11) is 0. The number of amides is 2. The number of para-hydroxylation sites is 1. The molecule has 110 valence electrons. The summed E-state index contributed by atoms with van der Waals surface area (Å²) in [5.41, 5.74) is 2.66. The Balaban J connectivity index is 1.76. The lowest BCUT2D eigenvalue weighted by atomic mass is 10.1. The van der Waals surface area contributed by atoms with Crippen molar-refractivity contribution in [2.45, 2.75) is 19.4 Å². The first-order valence-electron chi connectivity index (χ1n) is 7.00. The van der Waals surface area contributed by atoms with Gasteiger partial charge >= 0.3 is 6.03 Å². The molecule has 2 rings (SSSR count). The maximum atomic E-state index is 11.8. The Hall–Kier alpha value is -2.33. The molecule has 2 amide bonds. The van der Waals surface area contributed by atoms with Crippen molar-refractivity contribution < 1.29 is 9.90 Å². The number of hydrogen-bond donors (Lipinski definition) is 3. The quantitative estimate of drug-likeness (QED) is 0.789. The number of hydrogen-bond acceptors (Lipinski definition) is 2. The molecule has 2 aromatic carbocycles. The van der Waals surface area contributed by atoms with Crippen LogP contribution in [0.3, 0.4) is 0 Å². The van der Waals surface area contributed by atoms with Crippen molar-refractivity contribution in [3.05, 3.63) is 65.7 Å². The van der Waals surface area contributed by atoms with Crippen molar-refractivity contribution in [1.82, 2.24) is 5.32 Å². The predicted octanol–water partition coefficient (Wildman–Crippen LogP) is 3.24. The predicted molar refractivity (Wildman–Crippen MR) is 84.2 cm³/mol. The first-order valence-corrected chi connectivity index (χ1v) is 7.00. The van der Waals surface area contributed by atoms with Gasteiger partial charge in [0.05, 0.1) is 6.10 Å². The number of carbonyl (C=O) groups excluding carboxylic acids is 1. The molecule has 0 heterocycles. The van der Waals surface area contributed by atoms with Crippen molar-refractivity contribution in [2.24, 2.45) is 0 Å². The Morgan fingerprint density at radius 3 is 2.48 bits per heavy atom. The van der Waals surface area contributed by atoms with E-state index in [-0.39, 0.29) is 6.03 Å². The van der Waals surface area contributed by atoms with Gasteiger partial charge in [-0.25, -0.2) is 4.79 Å². The number of urea groups is 1. The Labute approximate surface area is 124 Å². The van der Waals surface area contributed by atoms with Crippen molar-refractivity contribution in [1.29, 1.82) is 0 Å². The van der Waals surface area contributed by atoms with Crippen molar-refractivity contribution in [3.63, 3.8) is 0 Å². The van der Waals surface area contributed by atoms with Gasteiger partial charge in [-0.3, -0.25) is 0 Å². The van der Waals surface area contributed by atoms with Crippen LogP contribution in [0, 0.1) is 6.92 Å². The molecule has 0 unspecified atom stereocenters. The van der Waals surface area contributed by atoms with Crippen LogP contribution in [0.2, 0.25) is 0 Å².